The topological polar surface area (TPSA) is 64.4 Å². The summed E-state index contributed by atoms with van der Waals surface area (Å²) in [5, 5.41) is 0. The third-order valence-electron chi connectivity index (χ3n) is 3.70. The maximum atomic E-state index is 11.4. The molecule has 1 amide bonds. The minimum atomic E-state index is -0.385. The highest BCUT2D eigenvalue weighted by Gasteiger charge is 2.30. The van der Waals surface area contributed by atoms with Gasteiger partial charge in [0.2, 0.25) is 0 Å². The van der Waals surface area contributed by atoms with Crippen LogP contribution < -0.4 is 11.3 Å². The zero-order chi connectivity index (χ0) is 15.5. The van der Waals surface area contributed by atoms with Crippen molar-refractivity contribution < 1.29 is 9.53 Å². The van der Waals surface area contributed by atoms with Crippen molar-refractivity contribution in [3.8, 4) is 0 Å². The second-order valence-electron chi connectivity index (χ2n) is 6.42. The molecule has 2 rings (SSSR count). The Morgan fingerprint density at radius 1 is 1.33 bits per heavy atom. The van der Waals surface area contributed by atoms with Crippen LogP contribution >= 0.6 is 11.8 Å². The molecule has 2 unspecified atom stereocenters. The average molecular weight is 308 g/mol. The number of benzene rings is 1. The Balaban J connectivity index is 1.83. The van der Waals surface area contributed by atoms with Crippen molar-refractivity contribution in [2.45, 2.75) is 56.1 Å². The van der Waals surface area contributed by atoms with Crippen molar-refractivity contribution in [2.75, 3.05) is 5.75 Å². The molecule has 1 aromatic rings. The van der Waals surface area contributed by atoms with Crippen LogP contribution in [-0.2, 0) is 14.9 Å². The molecule has 0 saturated carbocycles. The molecular weight excluding hydrogens is 284 g/mol. The van der Waals surface area contributed by atoms with Gasteiger partial charge in [-0.25, -0.2) is 5.84 Å². The number of carbonyl (C=O) groups is 1. The van der Waals surface area contributed by atoms with Crippen LogP contribution in [0.2, 0.25) is 0 Å². The third-order valence-corrected chi connectivity index (χ3v) is 4.84. The van der Waals surface area contributed by atoms with Gasteiger partial charge in [0, 0.05) is 10.6 Å². The Labute approximate surface area is 130 Å². The fourth-order valence-corrected chi connectivity index (χ4v) is 3.31. The van der Waals surface area contributed by atoms with E-state index < -0.39 is 0 Å². The standard InChI is InChI=1S/C16H24N2O2S/c1-16(2,3)11-4-7-13(8-5-11)21-10-12-6-9-14(20-12)15(19)18-17/h4-5,7-8,12,14H,6,9-10,17H2,1-3H3,(H,18,19). The number of hydrazine groups is 1. The summed E-state index contributed by atoms with van der Waals surface area (Å²) in [6.45, 7) is 6.64. The molecule has 2 atom stereocenters. The van der Waals surface area contributed by atoms with Gasteiger partial charge in [-0.2, -0.15) is 0 Å². The number of nitrogens with two attached hydrogens (primary N) is 1. The van der Waals surface area contributed by atoms with Crippen LogP contribution in [0.5, 0.6) is 0 Å². The molecule has 0 aliphatic carbocycles. The normalized spacial score (nSPS) is 22.3. The summed E-state index contributed by atoms with van der Waals surface area (Å²) < 4.78 is 5.70. The van der Waals surface area contributed by atoms with Crippen LogP contribution in [0, 0.1) is 0 Å². The van der Waals surface area contributed by atoms with Crippen LogP contribution in [0.3, 0.4) is 0 Å². The molecule has 1 aliphatic heterocycles. The van der Waals surface area contributed by atoms with Gasteiger partial charge in [0.15, 0.2) is 0 Å². The van der Waals surface area contributed by atoms with Crippen molar-refractivity contribution in [1.29, 1.82) is 0 Å². The zero-order valence-corrected chi connectivity index (χ0v) is 13.7. The van der Waals surface area contributed by atoms with Crippen molar-refractivity contribution >= 4 is 17.7 Å². The maximum absolute atomic E-state index is 11.4. The highest BCUT2D eigenvalue weighted by Crippen LogP contribution is 2.29. The van der Waals surface area contributed by atoms with Crippen LogP contribution in [0.25, 0.3) is 0 Å². The molecule has 0 bridgehead atoms. The van der Waals surface area contributed by atoms with Gasteiger partial charge in [0.1, 0.15) is 6.10 Å². The Bertz CT molecular complexity index is 482. The molecule has 0 spiro atoms. The molecule has 3 N–H and O–H groups in total. The van der Waals surface area contributed by atoms with Gasteiger partial charge in [-0.15, -0.1) is 11.8 Å². The first kappa shape index (κ1) is 16.3. The fraction of sp³-hybridized carbons (Fsp3) is 0.562. The zero-order valence-electron chi connectivity index (χ0n) is 12.9. The minimum absolute atomic E-state index is 0.125. The van der Waals surface area contributed by atoms with E-state index in [9.17, 15) is 4.79 Å². The molecule has 0 aromatic heterocycles. The summed E-state index contributed by atoms with van der Waals surface area (Å²) in [6, 6.07) is 8.68. The number of carbonyl (C=O) groups excluding carboxylic acids is 1. The Morgan fingerprint density at radius 3 is 2.57 bits per heavy atom. The van der Waals surface area contributed by atoms with E-state index in [1.165, 1.54) is 10.5 Å². The maximum Gasteiger partial charge on any atom is 0.263 e. The van der Waals surface area contributed by atoms with E-state index in [0.717, 1.165) is 18.6 Å². The summed E-state index contributed by atoms with van der Waals surface area (Å²) in [7, 11) is 0. The first-order valence-electron chi connectivity index (χ1n) is 7.29. The molecule has 4 nitrogen and oxygen atoms in total. The van der Waals surface area contributed by atoms with Crippen LogP contribution in [0.4, 0.5) is 0 Å². The summed E-state index contributed by atoms with van der Waals surface area (Å²) in [5.41, 5.74) is 3.67. The molecule has 21 heavy (non-hydrogen) atoms. The molecule has 5 heteroatoms. The number of thioether (sulfide) groups is 1. The Hall–Kier alpha value is -1.04. The van der Waals surface area contributed by atoms with Crippen LogP contribution in [-0.4, -0.2) is 23.9 Å². The van der Waals surface area contributed by atoms with Crippen molar-refractivity contribution in [2.24, 2.45) is 5.84 Å². The summed E-state index contributed by atoms with van der Waals surface area (Å²) in [4.78, 5) is 12.6. The highest BCUT2D eigenvalue weighted by molar-refractivity contribution is 7.99. The van der Waals surface area contributed by atoms with E-state index in [0.29, 0.717) is 0 Å². The molecule has 116 valence electrons. The molecular formula is C16H24N2O2S. The van der Waals surface area contributed by atoms with Gasteiger partial charge in [-0.05, 0) is 36.0 Å². The highest BCUT2D eigenvalue weighted by atomic mass is 32.2. The summed E-state index contributed by atoms with van der Waals surface area (Å²) >= 11 is 1.77. The Kier molecular flexibility index (Phi) is 5.30. The largest absolute Gasteiger partial charge is 0.364 e. The number of nitrogens with one attached hydrogen (secondary N) is 1. The smallest absolute Gasteiger partial charge is 0.263 e. The van der Waals surface area contributed by atoms with Gasteiger partial charge in [-0.1, -0.05) is 32.9 Å². The van der Waals surface area contributed by atoms with Crippen LogP contribution in [0.1, 0.15) is 39.2 Å². The van der Waals surface area contributed by atoms with E-state index >= 15 is 0 Å². The first-order valence-corrected chi connectivity index (χ1v) is 8.28. The number of amides is 1. The van der Waals surface area contributed by atoms with E-state index in [1.54, 1.807) is 11.8 Å². The second-order valence-corrected chi connectivity index (χ2v) is 7.51. The lowest BCUT2D eigenvalue weighted by Crippen LogP contribution is -2.39. The van der Waals surface area contributed by atoms with E-state index in [-0.39, 0.29) is 23.5 Å². The van der Waals surface area contributed by atoms with Gasteiger partial charge in [0.25, 0.3) is 5.91 Å². The van der Waals surface area contributed by atoms with Gasteiger partial charge >= 0.3 is 0 Å². The lowest BCUT2D eigenvalue weighted by molar-refractivity contribution is -0.131. The number of hydrogen-bond donors (Lipinski definition) is 2. The van der Waals surface area contributed by atoms with Gasteiger partial charge < -0.3 is 4.74 Å². The second kappa shape index (κ2) is 6.81. The van der Waals surface area contributed by atoms with Crippen molar-refractivity contribution in [1.82, 2.24) is 5.43 Å². The lowest BCUT2D eigenvalue weighted by Gasteiger charge is -2.19. The van der Waals surface area contributed by atoms with Crippen molar-refractivity contribution in [3.63, 3.8) is 0 Å². The monoisotopic (exact) mass is 308 g/mol. The Morgan fingerprint density at radius 2 is 2.00 bits per heavy atom. The third kappa shape index (κ3) is 4.46. The predicted octanol–water partition coefficient (Wildman–Crippen LogP) is 2.61. The molecule has 0 radical (unpaired) electrons. The van der Waals surface area contributed by atoms with Gasteiger partial charge in [0.05, 0.1) is 6.10 Å². The van der Waals surface area contributed by atoms with Crippen LogP contribution in [0.15, 0.2) is 29.2 Å². The number of ether oxygens (including phenoxy) is 1. The SMILES string of the molecule is CC(C)(C)c1ccc(SCC2CCC(C(=O)NN)O2)cc1. The van der Waals surface area contributed by atoms with E-state index in [4.69, 9.17) is 10.6 Å². The first-order chi connectivity index (χ1) is 9.90. The van der Waals surface area contributed by atoms with E-state index in [1.807, 2.05) is 0 Å². The number of hydrogen-bond acceptors (Lipinski definition) is 4. The quantitative estimate of drug-likeness (QED) is 0.388. The minimum Gasteiger partial charge on any atom is -0.364 e. The predicted molar refractivity (Wildman–Crippen MR) is 86.1 cm³/mol. The summed E-state index contributed by atoms with van der Waals surface area (Å²) in [6.07, 6.45) is 1.39. The lowest BCUT2D eigenvalue weighted by atomic mass is 9.87. The van der Waals surface area contributed by atoms with Gasteiger partial charge in [-0.3, -0.25) is 10.2 Å². The number of rotatable bonds is 4. The van der Waals surface area contributed by atoms with Crippen molar-refractivity contribution in [3.05, 3.63) is 29.8 Å². The summed E-state index contributed by atoms with van der Waals surface area (Å²) in [5.74, 6) is 5.77. The average Bonchev–Trinajstić information content (AvgIpc) is 2.92. The molecule has 1 aliphatic rings. The molecule has 1 fully saturated rings. The molecule has 1 aromatic carbocycles. The fourth-order valence-electron chi connectivity index (χ4n) is 2.35. The molecule has 1 heterocycles. The molecule has 1 saturated heterocycles. The van der Waals surface area contributed by atoms with E-state index in [2.05, 4.69) is 50.5 Å².